The maximum absolute atomic E-state index is 11.5. The zero-order valence-corrected chi connectivity index (χ0v) is 11.8. The lowest BCUT2D eigenvalue weighted by molar-refractivity contribution is -0.132. The van der Waals surface area contributed by atoms with Crippen molar-refractivity contribution in [2.75, 3.05) is 4.90 Å². The second-order valence-corrected chi connectivity index (χ2v) is 4.49. The fraction of sp³-hybridized carbons (Fsp3) is 0.250. The topological polar surface area (TPSA) is 63.7 Å². The molecular weight excluding hydrogens is 302 g/mol. The molecule has 0 saturated heterocycles. The molecule has 0 N–H and O–H groups in total. The third kappa shape index (κ3) is 3.40. The number of esters is 1. The highest BCUT2D eigenvalue weighted by atomic mass is 79.9. The molecule has 0 aliphatic carbocycles. The molecule has 0 atom stereocenters. The summed E-state index contributed by atoms with van der Waals surface area (Å²) in [5.74, 6) is -1.26. The molecular formula is C12H12BrNO4. The summed E-state index contributed by atoms with van der Waals surface area (Å²) in [6.07, 6.45) is 0. The molecule has 0 bridgehead atoms. The van der Waals surface area contributed by atoms with Crippen LogP contribution in [0.3, 0.4) is 0 Å². The molecule has 0 spiro atoms. The summed E-state index contributed by atoms with van der Waals surface area (Å²) >= 11 is 3.23. The van der Waals surface area contributed by atoms with Crippen molar-refractivity contribution in [1.29, 1.82) is 0 Å². The molecule has 18 heavy (non-hydrogen) atoms. The number of rotatable bonds is 2. The molecule has 96 valence electrons. The Morgan fingerprint density at radius 1 is 1.11 bits per heavy atom. The maximum Gasteiger partial charge on any atom is 0.308 e. The van der Waals surface area contributed by atoms with E-state index >= 15 is 0 Å². The van der Waals surface area contributed by atoms with Gasteiger partial charge in [0.05, 0.1) is 5.69 Å². The zero-order chi connectivity index (χ0) is 13.9. The van der Waals surface area contributed by atoms with Crippen molar-refractivity contribution in [3.63, 3.8) is 0 Å². The molecule has 0 aromatic heterocycles. The first-order valence-electron chi connectivity index (χ1n) is 5.12. The number of amides is 2. The Labute approximate surface area is 113 Å². The summed E-state index contributed by atoms with van der Waals surface area (Å²) in [6, 6.07) is 4.71. The largest absolute Gasteiger partial charge is 0.424 e. The van der Waals surface area contributed by atoms with Gasteiger partial charge in [0.25, 0.3) is 0 Å². The minimum atomic E-state index is -0.526. The number of hydrogen-bond donors (Lipinski definition) is 0. The summed E-state index contributed by atoms with van der Waals surface area (Å²) in [5.41, 5.74) is 0.244. The SMILES string of the molecule is CC(=O)Oc1cc(Br)ccc1N(C(C)=O)C(C)=O. The lowest BCUT2D eigenvalue weighted by Gasteiger charge is -2.20. The predicted molar refractivity (Wildman–Crippen MR) is 69.3 cm³/mol. The van der Waals surface area contributed by atoms with E-state index in [0.29, 0.717) is 4.47 Å². The Morgan fingerprint density at radius 2 is 1.67 bits per heavy atom. The van der Waals surface area contributed by atoms with Gasteiger partial charge in [0.15, 0.2) is 5.75 Å². The number of benzene rings is 1. The van der Waals surface area contributed by atoms with Gasteiger partial charge < -0.3 is 4.74 Å². The van der Waals surface area contributed by atoms with Crippen LogP contribution in [0.2, 0.25) is 0 Å². The van der Waals surface area contributed by atoms with Crippen LogP contribution in [0.1, 0.15) is 20.8 Å². The number of nitrogens with zero attached hydrogens (tertiary/aromatic N) is 1. The maximum atomic E-state index is 11.5. The minimum absolute atomic E-state index is 0.155. The van der Waals surface area contributed by atoms with Gasteiger partial charge >= 0.3 is 5.97 Å². The van der Waals surface area contributed by atoms with Crippen LogP contribution in [0, 0.1) is 0 Å². The van der Waals surface area contributed by atoms with Gasteiger partial charge in [-0.25, -0.2) is 4.90 Å². The van der Waals surface area contributed by atoms with Crippen molar-refractivity contribution >= 4 is 39.4 Å². The monoisotopic (exact) mass is 313 g/mol. The fourth-order valence-electron chi connectivity index (χ4n) is 1.47. The van der Waals surface area contributed by atoms with E-state index in [1.54, 1.807) is 6.07 Å². The third-order valence-corrected chi connectivity index (χ3v) is 2.54. The molecule has 0 radical (unpaired) electrons. The summed E-state index contributed by atoms with van der Waals surface area (Å²) in [4.78, 5) is 34.9. The van der Waals surface area contributed by atoms with Gasteiger partial charge in [-0.05, 0) is 18.2 Å². The van der Waals surface area contributed by atoms with Crippen LogP contribution in [0.15, 0.2) is 22.7 Å². The number of halogens is 1. The zero-order valence-electron chi connectivity index (χ0n) is 10.2. The average molecular weight is 314 g/mol. The quantitative estimate of drug-likeness (QED) is 0.620. The number of carbonyl (C=O) groups is 3. The van der Waals surface area contributed by atoms with Gasteiger partial charge in [-0.15, -0.1) is 0 Å². The van der Waals surface area contributed by atoms with Gasteiger partial charge in [-0.2, -0.15) is 0 Å². The summed E-state index contributed by atoms with van der Waals surface area (Å²) < 4.78 is 5.67. The first kappa shape index (κ1) is 14.4. The Balaban J connectivity index is 3.32. The van der Waals surface area contributed by atoms with Gasteiger partial charge in [0, 0.05) is 25.2 Å². The highest BCUT2D eigenvalue weighted by molar-refractivity contribution is 9.10. The van der Waals surface area contributed by atoms with Gasteiger partial charge in [-0.3, -0.25) is 14.4 Å². The normalized spacial score (nSPS) is 9.78. The van der Waals surface area contributed by atoms with Crippen molar-refractivity contribution in [3.05, 3.63) is 22.7 Å². The number of carbonyl (C=O) groups excluding carboxylic acids is 3. The molecule has 0 aliphatic rings. The van der Waals surface area contributed by atoms with E-state index in [2.05, 4.69) is 15.9 Å². The molecule has 5 nitrogen and oxygen atoms in total. The average Bonchev–Trinajstić information content (AvgIpc) is 2.19. The van der Waals surface area contributed by atoms with Crippen LogP contribution in [0.5, 0.6) is 5.75 Å². The highest BCUT2D eigenvalue weighted by Gasteiger charge is 2.21. The Hall–Kier alpha value is -1.69. The van der Waals surface area contributed by atoms with Gasteiger partial charge in [0.1, 0.15) is 0 Å². The van der Waals surface area contributed by atoms with Crippen LogP contribution in [0.25, 0.3) is 0 Å². The van der Waals surface area contributed by atoms with E-state index in [-0.39, 0.29) is 11.4 Å². The van der Waals surface area contributed by atoms with Crippen molar-refractivity contribution in [2.24, 2.45) is 0 Å². The minimum Gasteiger partial charge on any atom is -0.424 e. The number of hydrogen-bond acceptors (Lipinski definition) is 4. The summed E-state index contributed by atoms with van der Waals surface area (Å²) in [7, 11) is 0. The van der Waals surface area contributed by atoms with Crippen LogP contribution < -0.4 is 9.64 Å². The summed E-state index contributed by atoms with van der Waals surface area (Å²) in [6.45, 7) is 3.78. The highest BCUT2D eigenvalue weighted by Crippen LogP contribution is 2.32. The molecule has 6 heteroatoms. The first-order valence-corrected chi connectivity index (χ1v) is 5.91. The number of ether oxygens (including phenoxy) is 1. The molecule has 2 amide bonds. The van der Waals surface area contributed by atoms with Crippen LogP contribution in [-0.2, 0) is 14.4 Å². The number of anilines is 1. The van der Waals surface area contributed by atoms with E-state index in [9.17, 15) is 14.4 Å². The van der Waals surface area contributed by atoms with E-state index in [1.165, 1.54) is 32.9 Å². The van der Waals surface area contributed by atoms with E-state index < -0.39 is 17.8 Å². The molecule has 0 heterocycles. The third-order valence-electron chi connectivity index (χ3n) is 2.05. The lowest BCUT2D eigenvalue weighted by atomic mass is 10.2. The van der Waals surface area contributed by atoms with E-state index in [0.717, 1.165) is 4.90 Å². The van der Waals surface area contributed by atoms with E-state index in [4.69, 9.17) is 4.74 Å². The van der Waals surface area contributed by atoms with Crippen LogP contribution >= 0.6 is 15.9 Å². The van der Waals surface area contributed by atoms with Crippen molar-refractivity contribution in [1.82, 2.24) is 0 Å². The molecule has 0 saturated carbocycles. The van der Waals surface area contributed by atoms with Gasteiger partial charge in [0.2, 0.25) is 11.8 Å². The van der Waals surface area contributed by atoms with Gasteiger partial charge in [-0.1, -0.05) is 15.9 Å². The van der Waals surface area contributed by atoms with Crippen molar-refractivity contribution in [2.45, 2.75) is 20.8 Å². The van der Waals surface area contributed by atoms with Crippen LogP contribution in [-0.4, -0.2) is 17.8 Å². The molecule has 0 fully saturated rings. The molecule has 1 aromatic carbocycles. The second-order valence-electron chi connectivity index (χ2n) is 3.58. The number of imide groups is 1. The van der Waals surface area contributed by atoms with E-state index in [1.807, 2.05) is 0 Å². The second kappa shape index (κ2) is 5.77. The lowest BCUT2D eigenvalue weighted by Crippen LogP contribution is -2.33. The van der Waals surface area contributed by atoms with Crippen molar-refractivity contribution < 1.29 is 19.1 Å². The van der Waals surface area contributed by atoms with Crippen LogP contribution in [0.4, 0.5) is 5.69 Å². The fourth-order valence-corrected chi connectivity index (χ4v) is 1.81. The Bertz CT molecular complexity index is 499. The first-order chi connectivity index (χ1) is 8.32. The standard InChI is InChI=1S/C12H12BrNO4/c1-7(15)14(8(2)16)11-5-4-10(13)6-12(11)18-9(3)17/h4-6H,1-3H3. The summed E-state index contributed by atoms with van der Waals surface area (Å²) in [5, 5.41) is 0. The smallest absolute Gasteiger partial charge is 0.308 e. The molecule has 1 rings (SSSR count). The molecule has 0 unspecified atom stereocenters. The van der Waals surface area contributed by atoms with Crippen molar-refractivity contribution in [3.8, 4) is 5.75 Å². The molecule has 0 aliphatic heterocycles. The Morgan fingerprint density at radius 3 is 2.11 bits per heavy atom. The predicted octanol–water partition coefficient (Wildman–Crippen LogP) is 2.27. The molecule has 1 aromatic rings. The Kier molecular flexibility index (Phi) is 4.61.